The molecule has 0 radical (unpaired) electrons. The number of carbonyl (C=O) groups excluding carboxylic acids is 1. The summed E-state index contributed by atoms with van der Waals surface area (Å²) in [6.45, 7) is 2.30. The number of aliphatic hydroxyl groups is 1. The van der Waals surface area contributed by atoms with Gasteiger partial charge in [-0.3, -0.25) is 0 Å². The average Bonchev–Trinajstić information content (AvgIpc) is 2.26. The summed E-state index contributed by atoms with van der Waals surface area (Å²) in [7, 11) is 0. The zero-order valence-corrected chi connectivity index (χ0v) is 7.93. The Balaban J connectivity index is 2.57. The van der Waals surface area contributed by atoms with Crippen molar-refractivity contribution in [2.45, 2.75) is 13.0 Å². The molecule has 0 spiro atoms. The minimum Gasteiger partial charge on any atom is -0.377 e. The van der Waals surface area contributed by atoms with Crippen LogP contribution in [0.25, 0.3) is 0 Å². The molecule has 0 heterocycles. The van der Waals surface area contributed by atoms with Gasteiger partial charge in [0.25, 0.3) is 0 Å². The van der Waals surface area contributed by atoms with Crippen molar-refractivity contribution in [1.29, 1.82) is 0 Å². The van der Waals surface area contributed by atoms with E-state index in [2.05, 4.69) is 10.3 Å². The molecule has 0 saturated carbocycles. The van der Waals surface area contributed by atoms with Crippen molar-refractivity contribution in [2.75, 3.05) is 6.54 Å². The van der Waals surface area contributed by atoms with Gasteiger partial charge in [-0.25, -0.2) is 4.79 Å². The molecule has 0 saturated heterocycles. The van der Waals surface area contributed by atoms with Crippen LogP contribution in [0.5, 0.6) is 0 Å². The lowest BCUT2D eigenvalue weighted by molar-refractivity contribution is -0.161. The van der Waals surface area contributed by atoms with E-state index in [1.54, 1.807) is 31.2 Å². The fourth-order valence-electron chi connectivity index (χ4n) is 0.971. The molecule has 0 aliphatic carbocycles. The van der Waals surface area contributed by atoms with E-state index in [-0.39, 0.29) is 0 Å². The molecular weight excluding hydrogens is 182 g/mol. The Kier molecular flexibility index (Phi) is 4.10. The second-order valence-corrected chi connectivity index (χ2v) is 2.73. The number of hydrogen-bond donors (Lipinski definition) is 2. The molecule has 0 bridgehead atoms. The molecule has 1 aromatic rings. The average molecular weight is 195 g/mol. The van der Waals surface area contributed by atoms with Gasteiger partial charge >= 0.3 is 5.97 Å². The summed E-state index contributed by atoms with van der Waals surface area (Å²) >= 11 is 0. The zero-order valence-electron chi connectivity index (χ0n) is 7.93. The number of aliphatic hydroxyl groups excluding tert-OH is 1. The van der Waals surface area contributed by atoms with Crippen molar-refractivity contribution in [3.05, 3.63) is 35.9 Å². The molecule has 0 aromatic heterocycles. The van der Waals surface area contributed by atoms with Gasteiger partial charge in [0.15, 0.2) is 6.10 Å². The zero-order chi connectivity index (χ0) is 10.4. The highest BCUT2D eigenvalue weighted by atomic mass is 16.7. The van der Waals surface area contributed by atoms with Crippen LogP contribution in [-0.4, -0.2) is 17.6 Å². The van der Waals surface area contributed by atoms with Gasteiger partial charge in [0.2, 0.25) is 0 Å². The molecule has 4 heteroatoms. The van der Waals surface area contributed by atoms with Gasteiger partial charge < -0.3 is 9.94 Å². The van der Waals surface area contributed by atoms with E-state index >= 15 is 0 Å². The largest absolute Gasteiger partial charge is 0.377 e. The first-order valence-electron chi connectivity index (χ1n) is 4.42. The van der Waals surface area contributed by atoms with Crippen molar-refractivity contribution < 1.29 is 14.7 Å². The van der Waals surface area contributed by atoms with E-state index in [1.807, 2.05) is 6.07 Å². The number of carbonyl (C=O) groups is 1. The fourth-order valence-corrected chi connectivity index (χ4v) is 0.971. The number of hydroxylamine groups is 1. The minimum absolute atomic E-state index is 0.507. The predicted octanol–water partition coefficient (Wildman–Crippen LogP) is 0.788. The van der Waals surface area contributed by atoms with E-state index in [1.165, 1.54) is 0 Å². The highest BCUT2D eigenvalue weighted by Crippen LogP contribution is 2.12. The van der Waals surface area contributed by atoms with Crippen LogP contribution >= 0.6 is 0 Å². The number of benzene rings is 1. The maximum atomic E-state index is 11.2. The summed E-state index contributed by atoms with van der Waals surface area (Å²) in [5.41, 5.74) is 2.91. The van der Waals surface area contributed by atoms with Crippen LogP contribution in [0.4, 0.5) is 0 Å². The first-order valence-corrected chi connectivity index (χ1v) is 4.42. The van der Waals surface area contributed by atoms with Crippen molar-refractivity contribution in [2.24, 2.45) is 0 Å². The maximum absolute atomic E-state index is 11.2. The summed E-state index contributed by atoms with van der Waals surface area (Å²) in [5, 5.41) is 9.50. The Morgan fingerprint density at radius 1 is 1.50 bits per heavy atom. The second kappa shape index (κ2) is 5.36. The second-order valence-electron chi connectivity index (χ2n) is 2.73. The highest BCUT2D eigenvalue weighted by molar-refractivity contribution is 5.75. The molecular formula is C10H13NO3. The Hall–Kier alpha value is -1.39. The summed E-state index contributed by atoms with van der Waals surface area (Å²) < 4.78 is 0. The quantitative estimate of drug-likeness (QED) is 0.697. The number of nitrogens with one attached hydrogen (secondary N) is 1. The Labute approximate surface area is 82.5 Å². The lowest BCUT2D eigenvalue weighted by Gasteiger charge is -2.09. The summed E-state index contributed by atoms with van der Waals surface area (Å²) in [4.78, 5) is 15.7. The summed E-state index contributed by atoms with van der Waals surface area (Å²) in [6, 6.07) is 8.64. The Bertz CT molecular complexity index is 287. The standard InChI is InChI=1S/C10H13NO3/c1-2-11-14-10(13)9(12)8-6-4-3-5-7-8/h3-7,9,11-12H,2H2,1H3/t9-/m1/s1. The normalized spacial score (nSPS) is 12.1. The highest BCUT2D eigenvalue weighted by Gasteiger charge is 2.18. The Morgan fingerprint density at radius 2 is 2.14 bits per heavy atom. The first kappa shape index (κ1) is 10.7. The smallest absolute Gasteiger partial charge is 0.358 e. The van der Waals surface area contributed by atoms with Gasteiger partial charge in [-0.2, -0.15) is 5.48 Å². The number of rotatable bonds is 4. The first-order chi connectivity index (χ1) is 6.75. The van der Waals surface area contributed by atoms with Gasteiger partial charge in [-0.05, 0) is 12.5 Å². The lowest BCUT2D eigenvalue weighted by atomic mass is 10.1. The molecule has 1 aromatic carbocycles. The Morgan fingerprint density at radius 3 is 2.71 bits per heavy atom. The maximum Gasteiger partial charge on any atom is 0.358 e. The third-order valence-corrected chi connectivity index (χ3v) is 1.66. The molecule has 14 heavy (non-hydrogen) atoms. The molecule has 4 nitrogen and oxygen atoms in total. The van der Waals surface area contributed by atoms with Gasteiger partial charge in [0.05, 0.1) is 0 Å². The van der Waals surface area contributed by atoms with Gasteiger partial charge in [-0.1, -0.05) is 30.3 Å². The molecule has 0 amide bonds. The van der Waals surface area contributed by atoms with E-state index in [4.69, 9.17) is 0 Å². The van der Waals surface area contributed by atoms with Crippen LogP contribution < -0.4 is 5.48 Å². The molecule has 76 valence electrons. The van der Waals surface area contributed by atoms with Crippen LogP contribution in [0.3, 0.4) is 0 Å². The lowest BCUT2D eigenvalue weighted by Crippen LogP contribution is -2.24. The summed E-state index contributed by atoms with van der Waals surface area (Å²) in [6.07, 6.45) is -1.23. The third kappa shape index (κ3) is 2.83. The fraction of sp³-hybridized carbons (Fsp3) is 0.300. The van der Waals surface area contributed by atoms with E-state index in [0.29, 0.717) is 12.1 Å². The summed E-state index contributed by atoms with van der Waals surface area (Å²) in [5.74, 6) is -0.696. The molecule has 0 unspecified atom stereocenters. The molecule has 0 aliphatic rings. The number of hydrogen-bond acceptors (Lipinski definition) is 4. The molecule has 1 rings (SSSR count). The molecule has 1 atom stereocenters. The van der Waals surface area contributed by atoms with Gasteiger partial charge in [-0.15, -0.1) is 0 Å². The van der Waals surface area contributed by atoms with Gasteiger partial charge in [0.1, 0.15) is 0 Å². The van der Waals surface area contributed by atoms with Crippen LogP contribution in [0, 0.1) is 0 Å². The van der Waals surface area contributed by atoms with Crippen LogP contribution in [0.2, 0.25) is 0 Å². The molecule has 0 fully saturated rings. The molecule has 2 N–H and O–H groups in total. The van der Waals surface area contributed by atoms with Crippen molar-refractivity contribution >= 4 is 5.97 Å². The van der Waals surface area contributed by atoms with E-state index in [0.717, 1.165) is 0 Å². The third-order valence-electron chi connectivity index (χ3n) is 1.66. The van der Waals surface area contributed by atoms with Crippen LogP contribution in [-0.2, 0) is 9.63 Å². The predicted molar refractivity (Wildman–Crippen MR) is 51.2 cm³/mol. The topological polar surface area (TPSA) is 58.6 Å². The minimum atomic E-state index is -1.23. The van der Waals surface area contributed by atoms with E-state index in [9.17, 15) is 9.90 Å². The van der Waals surface area contributed by atoms with Crippen molar-refractivity contribution in [3.8, 4) is 0 Å². The van der Waals surface area contributed by atoms with Crippen molar-refractivity contribution in [1.82, 2.24) is 5.48 Å². The monoisotopic (exact) mass is 195 g/mol. The van der Waals surface area contributed by atoms with Crippen LogP contribution in [0.15, 0.2) is 30.3 Å². The van der Waals surface area contributed by atoms with Gasteiger partial charge in [0, 0.05) is 6.54 Å². The molecule has 0 aliphatic heterocycles. The van der Waals surface area contributed by atoms with Crippen LogP contribution in [0.1, 0.15) is 18.6 Å². The SMILES string of the molecule is CCNOC(=O)[C@H](O)c1ccccc1. The van der Waals surface area contributed by atoms with E-state index < -0.39 is 12.1 Å². The van der Waals surface area contributed by atoms with Crippen molar-refractivity contribution in [3.63, 3.8) is 0 Å².